The SMILES string of the molecule is Cc1cc(C)c(NC(=O)[C@H]2CCC[NH+]2CCOC(=O)c2ccccc2)c(C)c1. The number of carbonyl (C=O) groups is 2. The Balaban J connectivity index is 1.55. The van der Waals surface area contributed by atoms with Gasteiger partial charge in [0.2, 0.25) is 0 Å². The number of quaternary nitrogens is 1. The number of hydrogen-bond donors (Lipinski definition) is 2. The van der Waals surface area contributed by atoms with Crippen molar-refractivity contribution in [1.29, 1.82) is 0 Å². The van der Waals surface area contributed by atoms with Crippen LogP contribution in [0.3, 0.4) is 0 Å². The second-order valence-corrected chi connectivity index (χ2v) is 7.62. The van der Waals surface area contributed by atoms with Crippen LogP contribution in [0.15, 0.2) is 42.5 Å². The molecule has 2 N–H and O–H groups in total. The Morgan fingerprint density at radius 3 is 2.46 bits per heavy atom. The van der Waals surface area contributed by atoms with Crippen molar-refractivity contribution < 1.29 is 19.2 Å². The van der Waals surface area contributed by atoms with Crippen LogP contribution >= 0.6 is 0 Å². The van der Waals surface area contributed by atoms with Gasteiger partial charge in [0.15, 0.2) is 6.04 Å². The fourth-order valence-corrected chi connectivity index (χ4v) is 4.05. The Bertz CT molecular complexity index is 825. The quantitative estimate of drug-likeness (QED) is 0.756. The number of hydrogen-bond acceptors (Lipinski definition) is 3. The maximum absolute atomic E-state index is 12.9. The molecule has 0 spiro atoms. The molecular weight excluding hydrogens is 352 g/mol. The molecule has 1 aliphatic heterocycles. The van der Waals surface area contributed by atoms with Crippen molar-refractivity contribution in [2.45, 2.75) is 39.7 Å². The van der Waals surface area contributed by atoms with Crippen molar-refractivity contribution in [3.63, 3.8) is 0 Å². The molecule has 1 unspecified atom stereocenters. The van der Waals surface area contributed by atoms with Crippen LogP contribution in [0.25, 0.3) is 0 Å². The van der Waals surface area contributed by atoms with E-state index < -0.39 is 0 Å². The summed E-state index contributed by atoms with van der Waals surface area (Å²) in [6.45, 7) is 7.99. The van der Waals surface area contributed by atoms with Gasteiger partial charge in [-0.2, -0.15) is 0 Å². The molecule has 1 amide bonds. The van der Waals surface area contributed by atoms with E-state index >= 15 is 0 Å². The number of amides is 1. The highest BCUT2D eigenvalue weighted by molar-refractivity contribution is 5.95. The van der Waals surface area contributed by atoms with Gasteiger partial charge in [-0.05, 0) is 44.0 Å². The fourth-order valence-electron chi connectivity index (χ4n) is 4.05. The average Bonchev–Trinajstić information content (AvgIpc) is 3.13. The molecule has 1 fully saturated rings. The van der Waals surface area contributed by atoms with Crippen molar-refractivity contribution in [1.82, 2.24) is 0 Å². The zero-order valence-corrected chi connectivity index (χ0v) is 16.9. The van der Waals surface area contributed by atoms with E-state index in [0.29, 0.717) is 18.7 Å². The lowest BCUT2D eigenvalue weighted by atomic mass is 10.0. The number of aryl methyl sites for hydroxylation is 3. The number of esters is 1. The molecule has 5 heteroatoms. The standard InChI is InChI=1S/C23H28N2O3/c1-16-14-17(2)21(18(3)15-16)24-22(26)20-10-7-11-25(20)12-13-28-23(27)19-8-5-4-6-9-19/h4-6,8-9,14-15,20H,7,10-13H2,1-3H3,(H,24,26)/p+1/t20-/m1/s1. The molecule has 0 aromatic heterocycles. The van der Waals surface area contributed by atoms with E-state index in [0.717, 1.165) is 36.2 Å². The summed E-state index contributed by atoms with van der Waals surface area (Å²) in [6, 6.07) is 13.1. The van der Waals surface area contributed by atoms with Gasteiger partial charge in [0.25, 0.3) is 5.91 Å². The Morgan fingerprint density at radius 2 is 1.79 bits per heavy atom. The summed E-state index contributed by atoms with van der Waals surface area (Å²) >= 11 is 0. The summed E-state index contributed by atoms with van der Waals surface area (Å²) in [4.78, 5) is 26.1. The minimum Gasteiger partial charge on any atom is -0.456 e. The lowest BCUT2D eigenvalue weighted by molar-refractivity contribution is -0.903. The predicted molar refractivity (Wildman–Crippen MR) is 110 cm³/mol. The van der Waals surface area contributed by atoms with E-state index in [2.05, 4.69) is 24.4 Å². The van der Waals surface area contributed by atoms with E-state index in [1.165, 1.54) is 10.5 Å². The van der Waals surface area contributed by atoms with Crippen LogP contribution in [0.5, 0.6) is 0 Å². The summed E-state index contributed by atoms with van der Waals surface area (Å²) in [5.41, 5.74) is 4.83. The van der Waals surface area contributed by atoms with E-state index in [4.69, 9.17) is 4.74 Å². The summed E-state index contributed by atoms with van der Waals surface area (Å²) in [5, 5.41) is 3.14. The largest absolute Gasteiger partial charge is 0.456 e. The van der Waals surface area contributed by atoms with Crippen molar-refractivity contribution in [2.24, 2.45) is 0 Å². The number of likely N-dealkylation sites (tertiary alicyclic amines) is 1. The van der Waals surface area contributed by atoms with E-state index in [1.807, 2.05) is 32.0 Å². The first-order chi connectivity index (χ1) is 13.5. The Hall–Kier alpha value is -2.66. The lowest BCUT2D eigenvalue weighted by Gasteiger charge is -2.22. The molecule has 5 nitrogen and oxygen atoms in total. The van der Waals surface area contributed by atoms with E-state index in [9.17, 15) is 9.59 Å². The Morgan fingerprint density at radius 1 is 1.11 bits per heavy atom. The first-order valence-corrected chi connectivity index (χ1v) is 9.91. The molecular formula is C23H29N2O3+. The molecule has 1 saturated heterocycles. The highest BCUT2D eigenvalue weighted by Crippen LogP contribution is 2.22. The second-order valence-electron chi connectivity index (χ2n) is 7.62. The molecule has 0 bridgehead atoms. The third-order valence-corrected chi connectivity index (χ3v) is 5.39. The van der Waals surface area contributed by atoms with Crippen molar-refractivity contribution >= 4 is 17.6 Å². The first-order valence-electron chi connectivity index (χ1n) is 9.91. The Labute approximate surface area is 166 Å². The third-order valence-electron chi connectivity index (χ3n) is 5.39. The van der Waals surface area contributed by atoms with Crippen LogP contribution in [-0.2, 0) is 9.53 Å². The molecule has 2 aromatic rings. The highest BCUT2D eigenvalue weighted by Gasteiger charge is 2.35. The Kier molecular flexibility index (Phi) is 6.47. The van der Waals surface area contributed by atoms with Gasteiger partial charge in [0.05, 0.1) is 12.1 Å². The zero-order valence-electron chi connectivity index (χ0n) is 16.9. The van der Waals surface area contributed by atoms with Crippen molar-refractivity contribution in [3.05, 3.63) is 64.7 Å². The molecule has 2 aromatic carbocycles. The number of rotatable bonds is 6. The highest BCUT2D eigenvalue weighted by atomic mass is 16.5. The van der Waals surface area contributed by atoms with E-state index in [-0.39, 0.29) is 17.9 Å². The van der Waals surface area contributed by atoms with Crippen LogP contribution in [0.4, 0.5) is 5.69 Å². The molecule has 0 saturated carbocycles. The molecule has 2 atom stereocenters. The second kappa shape index (κ2) is 9.02. The van der Waals surface area contributed by atoms with Crippen LogP contribution in [-0.4, -0.2) is 37.6 Å². The number of carbonyl (C=O) groups excluding carboxylic acids is 2. The summed E-state index contributed by atoms with van der Waals surface area (Å²) in [6.07, 6.45) is 1.86. The minimum atomic E-state index is -0.314. The molecule has 28 heavy (non-hydrogen) atoms. The zero-order chi connectivity index (χ0) is 20.1. The first kappa shape index (κ1) is 20.1. The smallest absolute Gasteiger partial charge is 0.338 e. The topological polar surface area (TPSA) is 59.8 Å². The van der Waals surface area contributed by atoms with Crippen LogP contribution in [0, 0.1) is 20.8 Å². The van der Waals surface area contributed by atoms with E-state index in [1.54, 1.807) is 12.1 Å². The van der Waals surface area contributed by atoms with Gasteiger partial charge in [-0.25, -0.2) is 4.79 Å². The summed E-state index contributed by atoms with van der Waals surface area (Å²) in [5.74, 6) is -0.261. The molecule has 1 heterocycles. The molecule has 0 aliphatic carbocycles. The maximum atomic E-state index is 12.9. The van der Waals surface area contributed by atoms with Gasteiger partial charge in [0.1, 0.15) is 13.2 Å². The number of nitrogens with one attached hydrogen (secondary N) is 2. The average molecular weight is 381 g/mol. The van der Waals surface area contributed by atoms with Crippen molar-refractivity contribution in [3.8, 4) is 0 Å². The van der Waals surface area contributed by atoms with Gasteiger partial charge in [-0.15, -0.1) is 0 Å². The maximum Gasteiger partial charge on any atom is 0.338 e. The monoisotopic (exact) mass is 381 g/mol. The van der Waals surface area contributed by atoms with Crippen molar-refractivity contribution in [2.75, 3.05) is 25.0 Å². The molecule has 0 radical (unpaired) electrons. The molecule has 3 rings (SSSR count). The van der Waals surface area contributed by atoms with Crippen LogP contribution in [0.1, 0.15) is 39.9 Å². The number of benzene rings is 2. The number of anilines is 1. The minimum absolute atomic E-state index is 0.0527. The summed E-state index contributed by atoms with van der Waals surface area (Å²) < 4.78 is 5.40. The van der Waals surface area contributed by atoms with Crippen LogP contribution < -0.4 is 10.2 Å². The normalized spacial score (nSPS) is 18.7. The third kappa shape index (κ3) is 4.78. The predicted octanol–water partition coefficient (Wildman–Crippen LogP) is 2.45. The molecule has 1 aliphatic rings. The number of ether oxygens (including phenoxy) is 1. The van der Waals surface area contributed by atoms with Gasteiger partial charge >= 0.3 is 5.97 Å². The van der Waals surface area contributed by atoms with Gasteiger partial charge < -0.3 is 15.0 Å². The lowest BCUT2D eigenvalue weighted by Crippen LogP contribution is -3.15. The summed E-state index contributed by atoms with van der Waals surface area (Å²) in [7, 11) is 0. The van der Waals surface area contributed by atoms with Crippen LogP contribution in [0.2, 0.25) is 0 Å². The van der Waals surface area contributed by atoms with Gasteiger partial charge in [-0.1, -0.05) is 35.9 Å². The van der Waals surface area contributed by atoms with Gasteiger partial charge in [0, 0.05) is 18.5 Å². The van der Waals surface area contributed by atoms with Gasteiger partial charge in [-0.3, -0.25) is 4.79 Å². The fraction of sp³-hybridized carbons (Fsp3) is 0.391. The molecule has 148 valence electrons.